The van der Waals surface area contributed by atoms with E-state index in [9.17, 15) is 70.2 Å². The highest BCUT2D eigenvalue weighted by atomic mass is 19.3. The molecule has 6 unspecified atom stereocenters. The highest BCUT2D eigenvalue weighted by Crippen LogP contribution is 2.93. The van der Waals surface area contributed by atoms with E-state index in [2.05, 4.69) is 0 Å². The van der Waals surface area contributed by atoms with Crippen molar-refractivity contribution in [3.63, 3.8) is 0 Å². The van der Waals surface area contributed by atoms with Gasteiger partial charge in [-0.15, -0.1) is 0 Å². The minimum absolute atomic E-state index is 4.20. The molecule has 0 aliphatic heterocycles. The van der Waals surface area contributed by atoms with Gasteiger partial charge in [0, 0.05) is 0 Å². The first-order valence-electron chi connectivity index (χ1n) is 6.77. The first-order valence-corrected chi connectivity index (χ1v) is 6.77. The molecule has 16 heteroatoms. The Bertz CT molecular complexity index is 811. The van der Waals surface area contributed by atoms with Crippen LogP contribution in [0.2, 0.25) is 0 Å². The molecule has 3 fully saturated rings. The van der Waals surface area contributed by atoms with Gasteiger partial charge in [-0.3, -0.25) is 0 Å². The van der Waals surface area contributed by atoms with Crippen molar-refractivity contribution in [2.45, 2.75) is 57.7 Å². The molecule has 0 amide bonds. The summed E-state index contributed by atoms with van der Waals surface area (Å²) >= 11 is 0. The molecule has 0 radical (unpaired) electrons. The third-order valence-electron chi connectivity index (χ3n) is 6.16. The van der Waals surface area contributed by atoms with E-state index in [1.807, 2.05) is 0 Å². The molecule has 0 aromatic rings. The molecular weight excluding hydrogens is 448 g/mol. The maximum Gasteiger partial charge on any atom is 0.356 e. The van der Waals surface area contributed by atoms with Crippen molar-refractivity contribution >= 4 is 0 Å². The lowest BCUT2D eigenvalue weighted by Crippen LogP contribution is -2.82. The van der Waals surface area contributed by atoms with Gasteiger partial charge in [-0.25, -0.2) is 35.1 Å². The van der Waals surface area contributed by atoms with Crippen LogP contribution in [0.25, 0.3) is 0 Å². The van der Waals surface area contributed by atoms with Crippen LogP contribution in [-0.4, -0.2) is 57.7 Å². The number of hydrogen-bond donors (Lipinski definition) is 0. The second-order valence-corrected chi connectivity index (χ2v) is 6.88. The van der Waals surface area contributed by atoms with Crippen molar-refractivity contribution in [3.05, 3.63) is 11.7 Å². The fourth-order valence-electron chi connectivity index (χ4n) is 4.90. The van der Waals surface area contributed by atoms with Crippen LogP contribution in [0, 0.1) is 0 Å². The maximum absolute atomic E-state index is 15.0. The van der Waals surface area contributed by atoms with Crippen molar-refractivity contribution in [3.8, 4) is 0 Å². The zero-order valence-electron chi connectivity index (χ0n) is 12.0. The monoisotopic (exact) mass is 448 g/mol. The van der Waals surface area contributed by atoms with Crippen LogP contribution >= 0.6 is 0 Å². The second-order valence-electron chi connectivity index (χ2n) is 6.88. The standard InChI is InChI=1S/C12F16/c13-1-2(14)4(16)6(18)5(17,3(1,15)9(4,21)22)7(19)10(23,24)8(6,20)12(27,28)11(7,25)26. The van der Waals surface area contributed by atoms with E-state index in [1.165, 1.54) is 0 Å². The zero-order valence-corrected chi connectivity index (χ0v) is 12.0. The van der Waals surface area contributed by atoms with Crippen LogP contribution in [0.5, 0.6) is 0 Å². The van der Waals surface area contributed by atoms with Crippen LogP contribution in [0.3, 0.4) is 0 Å². The van der Waals surface area contributed by atoms with Gasteiger partial charge < -0.3 is 0 Å². The van der Waals surface area contributed by atoms with Gasteiger partial charge in [0.15, 0.2) is 11.7 Å². The summed E-state index contributed by atoms with van der Waals surface area (Å²) in [6.07, 6.45) is 0. The molecule has 4 bridgehead atoms. The van der Waals surface area contributed by atoms with Crippen molar-refractivity contribution in [2.75, 3.05) is 0 Å². The molecule has 0 N–H and O–H groups in total. The van der Waals surface area contributed by atoms with E-state index in [0.29, 0.717) is 0 Å². The molecule has 3 saturated carbocycles. The molecule has 0 aromatic carbocycles. The molecule has 0 saturated heterocycles. The number of alkyl halides is 14. The zero-order chi connectivity index (χ0) is 22.2. The summed E-state index contributed by atoms with van der Waals surface area (Å²) in [5, 5.41) is 0. The Morgan fingerprint density at radius 2 is 0.571 bits per heavy atom. The summed E-state index contributed by atoms with van der Waals surface area (Å²) in [6.45, 7) is 0. The Morgan fingerprint density at radius 3 is 0.821 bits per heavy atom. The Morgan fingerprint density at radius 1 is 0.321 bits per heavy atom. The van der Waals surface area contributed by atoms with Gasteiger partial charge in [0.25, 0.3) is 22.7 Å². The third kappa shape index (κ3) is 0.914. The summed E-state index contributed by atoms with van der Waals surface area (Å²) in [5.74, 6) is -38.0. The lowest BCUT2D eigenvalue weighted by molar-refractivity contribution is -0.367. The van der Waals surface area contributed by atoms with Gasteiger partial charge in [-0.05, 0) is 0 Å². The summed E-state index contributed by atoms with van der Waals surface area (Å²) in [7, 11) is 0. The topological polar surface area (TPSA) is 0 Å². The van der Waals surface area contributed by atoms with Crippen molar-refractivity contribution < 1.29 is 70.2 Å². The number of fused-ring (bicyclic) bond motifs is 9. The quantitative estimate of drug-likeness (QED) is 0.362. The largest absolute Gasteiger partial charge is 0.356 e. The molecular formula is C12F16. The lowest BCUT2D eigenvalue weighted by Gasteiger charge is -2.51. The number of halogens is 16. The molecule has 4 aliphatic carbocycles. The Hall–Kier alpha value is -1.38. The van der Waals surface area contributed by atoms with Crippen LogP contribution in [-0.2, 0) is 0 Å². The van der Waals surface area contributed by atoms with Crippen molar-refractivity contribution in [2.24, 2.45) is 0 Å². The van der Waals surface area contributed by atoms with E-state index in [4.69, 9.17) is 0 Å². The molecule has 4 rings (SSSR count). The number of allylic oxidation sites excluding steroid dienone is 2. The average Bonchev–Trinajstić information content (AvgIpc) is 2.81. The van der Waals surface area contributed by atoms with Gasteiger partial charge in [-0.1, -0.05) is 0 Å². The van der Waals surface area contributed by atoms with E-state index in [0.717, 1.165) is 0 Å². The second kappa shape index (κ2) is 3.72. The Labute approximate surface area is 141 Å². The highest BCUT2D eigenvalue weighted by molar-refractivity contribution is 5.68. The summed E-state index contributed by atoms with van der Waals surface area (Å²) in [6, 6.07) is 0. The average molecular weight is 448 g/mol. The molecule has 0 aromatic heterocycles. The highest BCUT2D eigenvalue weighted by Gasteiger charge is 3.26. The predicted molar refractivity (Wildman–Crippen MR) is 52.1 cm³/mol. The van der Waals surface area contributed by atoms with Gasteiger partial charge in [-0.2, -0.15) is 35.1 Å². The van der Waals surface area contributed by atoms with Crippen LogP contribution < -0.4 is 0 Å². The minimum Gasteiger partial charge on any atom is -0.232 e. The lowest BCUT2D eigenvalue weighted by atomic mass is 9.61. The van der Waals surface area contributed by atoms with E-state index in [1.54, 1.807) is 0 Å². The summed E-state index contributed by atoms with van der Waals surface area (Å²) in [4.78, 5) is 0. The molecule has 6 atom stereocenters. The van der Waals surface area contributed by atoms with E-state index < -0.39 is 69.4 Å². The molecule has 0 nitrogen and oxygen atoms in total. The van der Waals surface area contributed by atoms with Crippen molar-refractivity contribution in [1.82, 2.24) is 0 Å². The van der Waals surface area contributed by atoms with Gasteiger partial charge in [0.2, 0.25) is 11.3 Å². The summed E-state index contributed by atoms with van der Waals surface area (Å²) < 4.78 is 226. The van der Waals surface area contributed by atoms with Crippen LogP contribution in [0.4, 0.5) is 70.2 Å². The fourth-order valence-corrected chi connectivity index (χ4v) is 4.90. The first-order chi connectivity index (χ1) is 12.1. The smallest absolute Gasteiger partial charge is 0.232 e. The van der Waals surface area contributed by atoms with Crippen molar-refractivity contribution in [1.29, 1.82) is 0 Å². The SMILES string of the molecule is FC1=C(F)C2(F)C(F)(F)C1(F)C1(F)C3(F)C(F)(F)C(F)(F)C(F)(C3(F)F)C21F. The molecule has 160 valence electrons. The molecule has 4 aliphatic rings. The predicted octanol–water partition coefficient (Wildman–Crippen LogP) is 4.98. The molecule has 0 heterocycles. The molecule has 28 heavy (non-hydrogen) atoms. The Kier molecular flexibility index (Phi) is 2.65. The number of rotatable bonds is 0. The van der Waals surface area contributed by atoms with Gasteiger partial charge >= 0.3 is 23.7 Å². The Balaban J connectivity index is 2.34. The number of hydrogen-bond acceptors (Lipinski definition) is 0. The normalized spacial score (nSPS) is 59.1. The van der Waals surface area contributed by atoms with E-state index >= 15 is 0 Å². The van der Waals surface area contributed by atoms with Gasteiger partial charge in [0.1, 0.15) is 0 Å². The van der Waals surface area contributed by atoms with Crippen LogP contribution in [0.1, 0.15) is 0 Å². The minimum atomic E-state index is -7.61. The molecule has 0 spiro atoms. The van der Waals surface area contributed by atoms with Gasteiger partial charge in [0.05, 0.1) is 0 Å². The maximum atomic E-state index is 15.0. The third-order valence-corrected chi connectivity index (χ3v) is 6.16. The van der Waals surface area contributed by atoms with Crippen LogP contribution in [0.15, 0.2) is 11.7 Å². The summed E-state index contributed by atoms with van der Waals surface area (Å²) in [5.41, 5.74) is -43.9. The fraction of sp³-hybridized carbons (Fsp3) is 0.833. The first kappa shape index (κ1) is 19.9. The van der Waals surface area contributed by atoms with E-state index in [-0.39, 0.29) is 0 Å².